The van der Waals surface area contributed by atoms with E-state index in [4.69, 9.17) is 0 Å². The highest BCUT2D eigenvalue weighted by Gasteiger charge is 2.37. The average molecular weight is 410 g/mol. The van der Waals surface area contributed by atoms with Gasteiger partial charge in [0.2, 0.25) is 0 Å². The minimum absolute atomic E-state index is 0.101. The molecule has 0 bridgehead atoms. The normalized spacial score (nSPS) is 15.2. The molecule has 5 heteroatoms. The number of carbonyl (C=O) groups is 3. The average Bonchev–Trinajstić information content (AvgIpc) is 3.63. The molecule has 3 amide bonds. The van der Waals surface area contributed by atoms with Gasteiger partial charge in [0, 0.05) is 18.2 Å². The van der Waals surface area contributed by atoms with Crippen molar-refractivity contribution in [2.75, 3.05) is 0 Å². The van der Waals surface area contributed by atoms with Gasteiger partial charge in [0.15, 0.2) is 0 Å². The Morgan fingerprint density at radius 3 is 2.06 bits per heavy atom. The molecule has 0 radical (unpaired) electrons. The monoisotopic (exact) mass is 410 g/mol. The van der Waals surface area contributed by atoms with Crippen molar-refractivity contribution in [1.29, 1.82) is 0 Å². The van der Waals surface area contributed by atoms with E-state index in [1.54, 1.807) is 18.2 Å². The maximum Gasteiger partial charge on any atom is 0.261 e. The summed E-state index contributed by atoms with van der Waals surface area (Å²) in [6, 6.07) is 24.4. The molecule has 3 aromatic rings. The Hall–Kier alpha value is -3.73. The summed E-state index contributed by atoms with van der Waals surface area (Å²) in [7, 11) is 0. The molecular weight excluding hydrogens is 388 g/mol. The van der Waals surface area contributed by atoms with Crippen LogP contribution in [-0.2, 0) is 13.1 Å². The van der Waals surface area contributed by atoms with Crippen molar-refractivity contribution >= 4 is 17.7 Å². The third-order valence-corrected chi connectivity index (χ3v) is 5.85. The number of fused-ring (bicyclic) bond motifs is 1. The van der Waals surface area contributed by atoms with E-state index in [0.29, 0.717) is 23.2 Å². The molecule has 0 aromatic heterocycles. The Morgan fingerprint density at radius 2 is 1.42 bits per heavy atom. The largest absolute Gasteiger partial charge is 0.331 e. The molecule has 1 aliphatic heterocycles. The maximum atomic E-state index is 13.3. The van der Waals surface area contributed by atoms with Gasteiger partial charge in [0.05, 0.1) is 17.7 Å². The lowest BCUT2D eigenvalue weighted by molar-refractivity contribution is 0.0641. The Kier molecular flexibility index (Phi) is 4.86. The zero-order valence-corrected chi connectivity index (χ0v) is 17.0. The second kappa shape index (κ2) is 7.84. The zero-order chi connectivity index (χ0) is 21.4. The molecule has 1 aliphatic carbocycles. The fraction of sp³-hybridized carbons (Fsp3) is 0.192. The van der Waals surface area contributed by atoms with E-state index in [0.717, 1.165) is 24.0 Å². The third-order valence-electron chi connectivity index (χ3n) is 5.85. The van der Waals surface area contributed by atoms with E-state index < -0.39 is 0 Å². The smallest absolute Gasteiger partial charge is 0.261 e. The van der Waals surface area contributed by atoms with Crippen LogP contribution >= 0.6 is 0 Å². The van der Waals surface area contributed by atoms with Gasteiger partial charge in [-0.25, -0.2) is 0 Å². The van der Waals surface area contributed by atoms with Gasteiger partial charge >= 0.3 is 0 Å². The summed E-state index contributed by atoms with van der Waals surface area (Å²) in [5.41, 5.74) is 3.07. The summed E-state index contributed by atoms with van der Waals surface area (Å²) < 4.78 is 0. The minimum Gasteiger partial charge on any atom is -0.331 e. The summed E-state index contributed by atoms with van der Waals surface area (Å²) >= 11 is 0. The number of imide groups is 1. The number of benzene rings is 3. The molecule has 5 nitrogen and oxygen atoms in total. The topological polar surface area (TPSA) is 57.7 Å². The van der Waals surface area contributed by atoms with Gasteiger partial charge in [0.1, 0.15) is 0 Å². The molecular formula is C26H22N2O3. The summed E-state index contributed by atoms with van der Waals surface area (Å²) in [6.45, 7) is 0.757. The Labute approximate surface area is 180 Å². The first-order chi connectivity index (χ1) is 15.1. The molecule has 5 rings (SSSR count). The van der Waals surface area contributed by atoms with E-state index in [9.17, 15) is 14.4 Å². The molecule has 31 heavy (non-hydrogen) atoms. The van der Waals surface area contributed by atoms with Gasteiger partial charge in [0.25, 0.3) is 17.7 Å². The third kappa shape index (κ3) is 3.75. The second-order valence-corrected chi connectivity index (χ2v) is 8.09. The number of amides is 3. The van der Waals surface area contributed by atoms with E-state index in [1.165, 1.54) is 4.90 Å². The summed E-state index contributed by atoms with van der Waals surface area (Å²) in [6.07, 6.45) is 1.98. The van der Waals surface area contributed by atoms with Crippen LogP contribution in [-0.4, -0.2) is 33.6 Å². The van der Waals surface area contributed by atoms with E-state index >= 15 is 0 Å². The first kappa shape index (κ1) is 19.2. The lowest BCUT2D eigenvalue weighted by Crippen LogP contribution is -2.32. The van der Waals surface area contributed by atoms with Gasteiger partial charge < -0.3 is 4.90 Å². The number of nitrogens with zero attached hydrogens (tertiary/aromatic N) is 2. The summed E-state index contributed by atoms with van der Waals surface area (Å²) in [4.78, 5) is 42.2. The van der Waals surface area contributed by atoms with E-state index in [-0.39, 0.29) is 30.3 Å². The quantitative estimate of drug-likeness (QED) is 0.570. The van der Waals surface area contributed by atoms with Crippen molar-refractivity contribution in [2.24, 2.45) is 0 Å². The molecule has 2 aliphatic rings. The summed E-state index contributed by atoms with van der Waals surface area (Å²) in [5, 5.41) is 0. The predicted octanol–water partition coefficient (Wildman–Crippen LogP) is 4.29. The molecule has 0 N–H and O–H groups in total. The van der Waals surface area contributed by atoms with Crippen LogP contribution in [0.5, 0.6) is 0 Å². The number of hydrogen-bond acceptors (Lipinski definition) is 3. The van der Waals surface area contributed by atoms with Crippen molar-refractivity contribution in [1.82, 2.24) is 9.80 Å². The fourth-order valence-electron chi connectivity index (χ4n) is 4.03. The lowest BCUT2D eigenvalue weighted by atomic mass is 10.0. The van der Waals surface area contributed by atoms with Crippen LogP contribution in [0, 0.1) is 0 Å². The molecule has 154 valence electrons. The SMILES string of the molecule is O=C1c2ccc(C(=O)N(Cc3ccccc3)C3CC3)cc2C(=O)N1Cc1ccccc1. The van der Waals surface area contributed by atoms with Crippen LogP contribution < -0.4 is 0 Å². The van der Waals surface area contributed by atoms with Crippen LogP contribution in [0.4, 0.5) is 0 Å². The van der Waals surface area contributed by atoms with E-state index in [2.05, 4.69) is 0 Å². The van der Waals surface area contributed by atoms with Crippen LogP contribution in [0.15, 0.2) is 78.9 Å². The number of hydrogen-bond donors (Lipinski definition) is 0. The van der Waals surface area contributed by atoms with Gasteiger partial charge in [-0.15, -0.1) is 0 Å². The number of rotatable bonds is 6. The first-order valence-corrected chi connectivity index (χ1v) is 10.5. The van der Waals surface area contributed by atoms with Crippen molar-refractivity contribution < 1.29 is 14.4 Å². The van der Waals surface area contributed by atoms with Crippen LogP contribution in [0.2, 0.25) is 0 Å². The molecule has 3 aromatic carbocycles. The zero-order valence-electron chi connectivity index (χ0n) is 17.0. The lowest BCUT2D eigenvalue weighted by Gasteiger charge is -2.23. The molecule has 0 saturated heterocycles. The first-order valence-electron chi connectivity index (χ1n) is 10.5. The second-order valence-electron chi connectivity index (χ2n) is 8.09. The Bertz CT molecular complexity index is 1150. The van der Waals surface area contributed by atoms with Crippen molar-refractivity contribution in [3.8, 4) is 0 Å². The highest BCUT2D eigenvalue weighted by molar-refractivity contribution is 6.22. The van der Waals surface area contributed by atoms with E-state index in [1.807, 2.05) is 65.6 Å². The molecule has 0 unspecified atom stereocenters. The van der Waals surface area contributed by atoms with Gasteiger partial charge in [-0.05, 0) is 42.2 Å². The Morgan fingerprint density at radius 1 is 0.806 bits per heavy atom. The van der Waals surface area contributed by atoms with Gasteiger partial charge in [-0.2, -0.15) is 0 Å². The maximum absolute atomic E-state index is 13.3. The Balaban J connectivity index is 1.40. The minimum atomic E-state index is -0.348. The standard InChI is InChI=1S/C26H22N2O3/c29-24(27(21-12-13-21)16-18-7-3-1-4-8-18)20-11-14-22-23(15-20)26(31)28(25(22)30)17-19-9-5-2-6-10-19/h1-11,14-15,21H,12-13,16-17H2. The van der Waals surface area contributed by atoms with Gasteiger partial charge in [-0.1, -0.05) is 60.7 Å². The van der Waals surface area contributed by atoms with Crippen LogP contribution in [0.3, 0.4) is 0 Å². The highest BCUT2D eigenvalue weighted by Crippen LogP contribution is 2.31. The van der Waals surface area contributed by atoms with Crippen molar-refractivity contribution in [2.45, 2.75) is 32.0 Å². The van der Waals surface area contributed by atoms with Gasteiger partial charge in [-0.3, -0.25) is 19.3 Å². The molecule has 0 spiro atoms. The van der Waals surface area contributed by atoms with Crippen LogP contribution in [0.1, 0.15) is 55.0 Å². The predicted molar refractivity (Wildman–Crippen MR) is 116 cm³/mol. The van der Waals surface area contributed by atoms with Crippen molar-refractivity contribution in [3.63, 3.8) is 0 Å². The number of carbonyl (C=O) groups excluding carboxylic acids is 3. The molecule has 1 saturated carbocycles. The summed E-state index contributed by atoms with van der Waals surface area (Å²) in [5.74, 6) is -0.762. The fourth-order valence-corrected chi connectivity index (χ4v) is 4.03. The van der Waals surface area contributed by atoms with Crippen molar-refractivity contribution in [3.05, 3.63) is 107 Å². The molecule has 1 fully saturated rings. The highest BCUT2D eigenvalue weighted by atomic mass is 16.2. The van der Waals surface area contributed by atoms with Crippen LogP contribution in [0.25, 0.3) is 0 Å². The molecule has 1 heterocycles. The molecule has 0 atom stereocenters.